The maximum Gasteiger partial charge on any atom is 0.284 e. The molecule has 0 fully saturated rings. The van der Waals surface area contributed by atoms with Gasteiger partial charge in [-0.3, -0.25) is 4.79 Å². The number of nitrogens with one attached hydrogen (secondary N) is 1. The summed E-state index contributed by atoms with van der Waals surface area (Å²) in [5.74, 6) is 0.357. The van der Waals surface area contributed by atoms with Gasteiger partial charge in [-0.2, -0.15) is 11.8 Å². The third-order valence-electron chi connectivity index (χ3n) is 4.88. The monoisotopic (exact) mass is 472 g/mol. The molecule has 0 saturated carbocycles. The van der Waals surface area contributed by atoms with Crippen LogP contribution in [-0.4, -0.2) is 30.1 Å². The van der Waals surface area contributed by atoms with E-state index in [9.17, 15) is 13.6 Å². The highest BCUT2D eigenvalue weighted by molar-refractivity contribution is 7.99. The summed E-state index contributed by atoms with van der Waals surface area (Å²) >= 11 is 13.5. The van der Waals surface area contributed by atoms with Crippen molar-refractivity contribution in [3.63, 3.8) is 0 Å². The lowest BCUT2D eigenvalue weighted by Crippen LogP contribution is -2.35. The number of halogens is 4. The Kier molecular flexibility index (Phi) is 7.26. The molecule has 1 heterocycles. The van der Waals surface area contributed by atoms with E-state index in [2.05, 4.69) is 10.5 Å². The van der Waals surface area contributed by atoms with Crippen LogP contribution >= 0.6 is 35.0 Å². The molecule has 0 aromatic heterocycles. The highest BCUT2D eigenvalue weighted by Gasteiger charge is 2.50. The van der Waals surface area contributed by atoms with Crippen molar-refractivity contribution in [1.82, 2.24) is 5.32 Å². The molecule has 3 rings (SSSR count). The lowest BCUT2D eigenvalue weighted by Gasteiger charge is -2.26. The number of benzene rings is 2. The predicted molar refractivity (Wildman–Crippen MR) is 118 cm³/mol. The average molecular weight is 473 g/mol. The summed E-state index contributed by atoms with van der Waals surface area (Å²) in [6, 6.07) is 9.81. The second-order valence-corrected chi connectivity index (χ2v) is 8.74. The van der Waals surface area contributed by atoms with Crippen molar-refractivity contribution >= 4 is 46.6 Å². The Balaban J connectivity index is 1.80. The van der Waals surface area contributed by atoms with E-state index in [0.29, 0.717) is 23.6 Å². The minimum absolute atomic E-state index is 0.0403. The van der Waals surface area contributed by atoms with Gasteiger partial charge in [0.05, 0.1) is 11.5 Å². The molecule has 160 valence electrons. The standard InChI is InChI=1S/C21H20Cl2F2N2O2S/c1-12-5-13(3-4-14(12)10-26-19(28)11-30-2)18-9-21(20(24)25,29-27-18)15-6-16(22)8-17(23)7-15/h3-8,20H,9-11H2,1-2H3,(H,26,28). The zero-order valence-electron chi connectivity index (χ0n) is 16.3. The van der Waals surface area contributed by atoms with Gasteiger partial charge in [0.1, 0.15) is 0 Å². The van der Waals surface area contributed by atoms with Crippen molar-refractivity contribution in [3.8, 4) is 0 Å². The minimum atomic E-state index is -2.83. The molecule has 1 aliphatic rings. The van der Waals surface area contributed by atoms with Crippen LogP contribution in [0.4, 0.5) is 8.78 Å². The Bertz CT molecular complexity index is 967. The van der Waals surface area contributed by atoms with Crippen LogP contribution in [0.3, 0.4) is 0 Å². The highest BCUT2D eigenvalue weighted by atomic mass is 35.5. The van der Waals surface area contributed by atoms with Gasteiger partial charge in [-0.25, -0.2) is 8.78 Å². The summed E-state index contributed by atoms with van der Waals surface area (Å²) in [7, 11) is 0. The molecule has 0 spiro atoms. The fraction of sp³-hybridized carbons (Fsp3) is 0.333. The summed E-state index contributed by atoms with van der Waals surface area (Å²) in [5.41, 5.74) is 1.19. The number of amides is 1. The Morgan fingerprint density at radius 1 is 1.27 bits per heavy atom. The van der Waals surface area contributed by atoms with Gasteiger partial charge in [0.25, 0.3) is 6.43 Å². The first-order valence-corrected chi connectivity index (χ1v) is 11.3. The summed E-state index contributed by atoms with van der Waals surface area (Å²) in [6.07, 6.45) is -1.09. The van der Waals surface area contributed by atoms with Gasteiger partial charge in [0.15, 0.2) is 0 Å². The normalized spacial score (nSPS) is 18.3. The lowest BCUT2D eigenvalue weighted by molar-refractivity contribution is -0.129. The Morgan fingerprint density at radius 2 is 1.97 bits per heavy atom. The van der Waals surface area contributed by atoms with Gasteiger partial charge in [0.2, 0.25) is 11.5 Å². The van der Waals surface area contributed by atoms with E-state index >= 15 is 0 Å². The second kappa shape index (κ2) is 9.54. The predicted octanol–water partition coefficient (Wildman–Crippen LogP) is 5.57. The van der Waals surface area contributed by atoms with Gasteiger partial charge in [-0.1, -0.05) is 40.5 Å². The highest BCUT2D eigenvalue weighted by Crippen LogP contribution is 2.43. The molecule has 1 atom stereocenters. The molecular weight excluding hydrogens is 453 g/mol. The van der Waals surface area contributed by atoms with Crippen LogP contribution in [0.25, 0.3) is 0 Å². The van der Waals surface area contributed by atoms with Crippen LogP contribution in [0, 0.1) is 6.92 Å². The largest absolute Gasteiger partial charge is 0.378 e. The van der Waals surface area contributed by atoms with Crippen LogP contribution < -0.4 is 5.32 Å². The molecule has 0 bridgehead atoms. The van der Waals surface area contributed by atoms with E-state index in [4.69, 9.17) is 28.0 Å². The fourth-order valence-electron chi connectivity index (χ4n) is 3.25. The summed E-state index contributed by atoms with van der Waals surface area (Å²) in [4.78, 5) is 17.0. The summed E-state index contributed by atoms with van der Waals surface area (Å²) in [6.45, 7) is 2.30. The SMILES string of the molecule is CSCC(=O)NCc1ccc(C2=NOC(c3cc(Cl)cc(Cl)c3)(C(F)F)C2)cc1C. The number of nitrogens with zero attached hydrogens (tertiary/aromatic N) is 1. The smallest absolute Gasteiger partial charge is 0.284 e. The zero-order chi connectivity index (χ0) is 21.9. The first-order chi connectivity index (χ1) is 14.2. The van der Waals surface area contributed by atoms with Crippen LogP contribution in [-0.2, 0) is 21.8 Å². The van der Waals surface area contributed by atoms with Crippen molar-refractivity contribution in [2.75, 3.05) is 12.0 Å². The minimum Gasteiger partial charge on any atom is -0.378 e. The first-order valence-electron chi connectivity index (χ1n) is 9.10. The number of alkyl halides is 2. The second-order valence-electron chi connectivity index (χ2n) is 7.01. The molecular formula is C21H20Cl2F2N2O2S. The number of thioether (sulfide) groups is 1. The van der Waals surface area contributed by atoms with E-state index in [1.807, 2.05) is 25.3 Å². The first kappa shape index (κ1) is 22.8. The number of hydrogen-bond donors (Lipinski definition) is 1. The number of carbonyl (C=O) groups is 1. The van der Waals surface area contributed by atoms with Gasteiger partial charge in [-0.05, 0) is 54.1 Å². The van der Waals surface area contributed by atoms with Crippen LogP contribution in [0.5, 0.6) is 0 Å². The van der Waals surface area contributed by atoms with E-state index in [1.165, 1.54) is 30.0 Å². The molecule has 30 heavy (non-hydrogen) atoms. The maximum atomic E-state index is 14.1. The third kappa shape index (κ3) is 4.90. The molecule has 1 amide bonds. The van der Waals surface area contributed by atoms with Crippen molar-refractivity contribution in [2.24, 2.45) is 5.16 Å². The van der Waals surface area contributed by atoms with Crippen LogP contribution in [0.15, 0.2) is 41.6 Å². The Morgan fingerprint density at radius 3 is 2.57 bits per heavy atom. The third-order valence-corrected chi connectivity index (χ3v) is 5.87. The molecule has 1 aliphatic heterocycles. The quantitative estimate of drug-likeness (QED) is 0.573. The molecule has 2 aromatic carbocycles. The fourth-order valence-corrected chi connectivity index (χ4v) is 4.14. The maximum absolute atomic E-state index is 14.1. The van der Waals surface area contributed by atoms with Crippen molar-refractivity contribution in [3.05, 3.63) is 68.7 Å². The molecule has 0 radical (unpaired) electrons. The zero-order valence-corrected chi connectivity index (χ0v) is 18.7. The van der Waals surface area contributed by atoms with Crippen LogP contribution in [0.2, 0.25) is 10.0 Å². The number of oxime groups is 1. The summed E-state index contributed by atoms with van der Waals surface area (Å²) < 4.78 is 28.2. The molecule has 9 heteroatoms. The number of hydrogen-bond acceptors (Lipinski definition) is 4. The molecule has 0 aliphatic carbocycles. The van der Waals surface area contributed by atoms with E-state index in [-0.39, 0.29) is 27.9 Å². The van der Waals surface area contributed by atoms with E-state index in [0.717, 1.165) is 11.1 Å². The molecule has 0 saturated heterocycles. The van der Waals surface area contributed by atoms with E-state index < -0.39 is 12.0 Å². The van der Waals surface area contributed by atoms with E-state index in [1.54, 1.807) is 6.07 Å². The average Bonchev–Trinajstić information content (AvgIpc) is 3.13. The topological polar surface area (TPSA) is 50.7 Å². The number of aryl methyl sites for hydroxylation is 1. The van der Waals surface area contributed by atoms with Crippen molar-refractivity contribution in [1.29, 1.82) is 0 Å². The Labute approximate surface area is 188 Å². The number of rotatable bonds is 7. The lowest BCUT2D eigenvalue weighted by atomic mass is 9.87. The molecule has 2 aromatic rings. The van der Waals surface area contributed by atoms with Gasteiger partial charge < -0.3 is 10.2 Å². The van der Waals surface area contributed by atoms with Gasteiger partial charge >= 0.3 is 0 Å². The van der Waals surface area contributed by atoms with Gasteiger partial charge in [0, 0.05) is 28.6 Å². The van der Waals surface area contributed by atoms with Crippen molar-refractivity contribution in [2.45, 2.75) is 31.9 Å². The van der Waals surface area contributed by atoms with Crippen molar-refractivity contribution < 1.29 is 18.4 Å². The molecule has 4 nitrogen and oxygen atoms in total. The Hall–Kier alpha value is -1.83. The summed E-state index contributed by atoms with van der Waals surface area (Å²) in [5, 5.41) is 7.31. The molecule has 1 unspecified atom stereocenters. The van der Waals surface area contributed by atoms with Gasteiger partial charge in [-0.15, -0.1) is 0 Å². The number of carbonyl (C=O) groups excluding carboxylic acids is 1. The van der Waals surface area contributed by atoms with Crippen LogP contribution in [0.1, 0.15) is 28.7 Å². The molecule has 1 N–H and O–H groups in total.